The van der Waals surface area contributed by atoms with Crippen LogP contribution in [0.1, 0.15) is 0 Å². The number of carboxylic acid groups (broad SMARTS) is 5. The molecule has 0 atom stereocenters. The van der Waals surface area contributed by atoms with Crippen LogP contribution in [0.5, 0.6) is 0 Å². The fourth-order valence-corrected chi connectivity index (χ4v) is 0. The molecule has 0 rings (SSSR count). The summed E-state index contributed by atoms with van der Waals surface area (Å²) in [6, 6.07) is 0. The molecule has 0 bridgehead atoms. The Balaban J connectivity index is -0.0000000476. The zero-order valence-electron chi connectivity index (χ0n) is 13.7. The lowest BCUT2D eigenvalue weighted by Crippen LogP contribution is -1.82. The molecule has 0 fully saturated rings. The Morgan fingerprint density at radius 1 is 0.423 bits per heavy atom. The van der Waals surface area contributed by atoms with E-state index < -0.39 is 29.8 Å². The first kappa shape index (κ1) is 37.9. The van der Waals surface area contributed by atoms with Crippen LogP contribution in [0.25, 0.3) is 0 Å². The van der Waals surface area contributed by atoms with Gasteiger partial charge >= 0.3 is 29.8 Å². The summed E-state index contributed by atoms with van der Waals surface area (Å²) in [6.45, 7) is 14.8. The summed E-state index contributed by atoms with van der Waals surface area (Å²) in [5.74, 6) is -4.91. The molecule has 0 radical (unpaired) electrons. The Hall–Kier alpha value is -3.99. The van der Waals surface area contributed by atoms with E-state index in [1.54, 1.807) is 0 Å². The molecule has 0 aromatic carbocycles. The quantitative estimate of drug-likeness (QED) is 0.416. The minimum Gasteiger partial charge on any atom is -0.478 e. The van der Waals surface area contributed by atoms with Gasteiger partial charge in [0.1, 0.15) is 0 Å². The van der Waals surface area contributed by atoms with Gasteiger partial charge in [-0.15, -0.1) is 0 Å². The molecule has 0 amide bonds. The molecule has 0 saturated carbocycles. The van der Waals surface area contributed by atoms with Gasteiger partial charge in [0.05, 0.1) is 0 Å². The standard InChI is InChI=1S/5C3H4O2.H2O/c5*1-2-3(4)5;/h5*2H,1H2,(H,4,5);1H2. The summed E-state index contributed by atoms with van der Waals surface area (Å²) >= 11 is 0. The highest BCUT2D eigenvalue weighted by molar-refractivity contribution is 5.80. The van der Waals surface area contributed by atoms with Gasteiger partial charge in [-0.1, -0.05) is 32.9 Å². The van der Waals surface area contributed by atoms with Crippen molar-refractivity contribution < 1.29 is 55.0 Å². The molecule has 0 aromatic heterocycles. The number of rotatable bonds is 5. The summed E-state index contributed by atoms with van der Waals surface area (Å²) in [4.78, 5) is 46.2. The fourth-order valence-electron chi connectivity index (χ4n) is 0. The third-order valence-corrected chi connectivity index (χ3v) is 0.873. The van der Waals surface area contributed by atoms with Gasteiger partial charge in [-0.25, -0.2) is 24.0 Å². The van der Waals surface area contributed by atoms with Gasteiger partial charge in [0.15, 0.2) is 0 Å². The van der Waals surface area contributed by atoms with E-state index >= 15 is 0 Å². The van der Waals surface area contributed by atoms with Crippen LogP contribution in [0.4, 0.5) is 0 Å². The van der Waals surface area contributed by atoms with Crippen LogP contribution in [-0.2, 0) is 24.0 Å². The monoisotopic (exact) mass is 378 g/mol. The second-order valence-corrected chi connectivity index (χ2v) is 2.71. The van der Waals surface area contributed by atoms with Crippen molar-refractivity contribution in [3.63, 3.8) is 0 Å². The van der Waals surface area contributed by atoms with Crippen molar-refractivity contribution in [1.29, 1.82) is 0 Å². The molecule has 11 heteroatoms. The summed E-state index contributed by atoms with van der Waals surface area (Å²) < 4.78 is 0. The van der Waals surface area contributed by atoms with Crippen LogP contribution < -0.4 is 0 Å². The number of hydrogen-bond donors (Lipinski definition) is 5. The van der Waals surface area contributed by atoms with E-state index in [0.717, 1.165) is 30.4 Å². The normalized spacial score (nSPS) is 6.15. The molecule has 148 valence electrons. The molecule has 7 N–H and O–H groups in total. The molecule has 26 heavy (non-hydrogen) atoms. The molecule has 0 aliphatic heterocycles. The fraction of sp³-hybridized carbons (Fsp3) is 0. The average Bonchev–Trinajstić information content (AvgIpc) is 2.56. The molecule has 0 unspecified atom stereocenters. The predicted molar refractivity (Wildman–Crippen MR) is 92.8 cm³/mol. The SMILES string of the molecule is C=CC(=O)O.C=CC(=O)O.C=CC(=O)O.C=CC(=O)O.C=CC(=O)O.O. The van der Waals surface area contributed by atoms with E-state index in [2.05, 4.69) is 32.9 Å². The topological polar surface area (TPSA) is 218 Å². The summed E-state index contributed by atoms with van der Waals surface area (Å²) in [5, 5.41) is 38.0. The predicted octanol–water partition coefficient (Wildman–Crippen LogP) is 0.460. The Morgan fingerprint density at radius 2 is 0.462 bits per heavy atom. The van der Waals surface area contributed by atoms with Crippen molar-refractivity contribution in [3.8, 4) is 0 Å². The van der Waals surface area contributed by atoms with Gasteiger partial charge in [-0.3, -0.25) is 0 Å². The maximum absolute atomic E-state index is 9.25. The van der Waals surface area contributed by atoms with Gasteiger partial charge in [0, 0.05) is 30.4 Å². The van der Waals surface area contributed by atoms with E-state index in [1.165, 1.54) is 0 Å². The second kappa shape index (κ2) is 32.8. The van der Waals surface area contributed by atoms with Gasteiger partial charge in [0.25, 0.3) is 0 Å². The minimum atomic E-state index is -0.981. The number of carbonyl (C=O) groups is 5. The van der Waals surface area contributed by atoms with Crippen LogP contribution in [0.3, 0.4) is 0 Å². The molecule has 0 saturated heterocycles. The van der Waals surface area contributed by atoms with Crippen molar-refractivity contribution in [2.45, 2.75) is 0 Å². The molecular formula is C15H22O11. The van der Waals surface area contributed by atoms with Crippen molar-refractivity contribution in [1.82, 2.24) is 0 Å². The lowest BCUT2D eigenvalue weighted by atomic mass is 10.7. The molecule has 11 nitrogen and oxygen atoms in total. The van der Waals surface area contributed by atoms with E-state index in [0.29, 0.717) is 0 Å². The first-order chi connectivity index (χ1) is 11.4. The second-order valence-electron chi connectivity index (χ2n) is 2.71. The highest BCUT2D eigenvalue weighted by Gasteiger charge is 1.75. The number of aliphatic carboxylic acids is 5. The molecular weight excluding hydrogens is 356 g/mol. The molecule has 0 heterocycles. The van der Waals surface area contributed by atoms with E-state index in [-0.39, 0.29) is 5.48 Å². The third kappa shape index (κ3) is 200. The maximum atomic E-state index is 9.25. The zero-order chi connectivity index (χ0) is 21.4. The summed E-state index contributed by atoms with van der Waals surface area (Å²) in [7, 11) is 0. The molecule has 0 aromatic rings. The summed E-state index contributed by atoms with van der Waals surface area (Å²) in [6.07, 6.45) is 4.17. The maximum Gasteiger partial charge on any atom is 0.327 e. The minimum absolute atomic E-state index is 0. The van der Waals surface area contributed by atoms with Crippen LogP contribution in [0.2, 0.25) is 0 Å². The lowest BCUT2D eigenvalue weighted by molar-refractivity contribution is -0.132. The molecule has 0 aliphatic carbocycles. The first-order valence-electron chi connectivity index (χ1n) is 5.62. The Kier molecular flexibility index (Phi) is 47.8. The first-order valence-corrected chi connectivity index (χ1v) is 5.62. The zero-order valence-corrected chi connectivity index (χ0v) is 13.7. The number of carboxylic acids is 5. The van der Waals surface area contributed by atoms with Gasteiger partial charge in [0.2, 0.25) is 0 Å². The number of hydrogen-bond acceptors (Lipinski definition) is 5. The van der Waals surface area contributed by atoms with E-state index in [9.17, 15) is 24.0 Å². The largest absolute Gasteiger partial charge is 0.478 e. The van der Waals surface area contributed by atoms with E-state index in [1.807, 2.05) is 0 Å². The van der Waals surface area contributed by atoms with Gasteiger partial charge < -0.3 is 31.0 Å². The van der Waals surface area contributed by atoms with Gasteiger partial charge in [-0.2, -0.15) is 0 Å². The highest BCUT2D eigenvalue weighted by atomic mass is 16.4. The van der Waals surface area contributed by atoms with Crippen LogP contribution in [-0.4, -0.2) is 60.9 Å². The van der Waals surface area contributed by atoms with Crippen LogP contribution in [0, 0.1) is 0 Å². The van der Waals surface area contributed by atoms with Crippen molar-refractivity contribution in [3.05, 3.63) is 63.3 Å². The molecule has 0 spiro atoms. The van der Waals surface area contributed by atoms with Crippen molar-refractivity contribution in [2.75, 3.05) is 0 Å². The van der Waals surface area contributed by atoms with Gasteiger partial charge in [-0.05, 0) is 0 Å². The summed E-state index contributed by atoms with van der Waals surface area (Å²) in [5.41, 5.74) is 0. The Labute approximate surface area is 149 Å². The van der Waals surface area contributed by atoms with Crippen LogP contribution in [0.15, 0.2) is 63.3 Å². The van der Waals surface area contributed by atoms with E-state index in [4.69, 9.17) is 25.5 Å². The smallest absolute Gasteiger partial charge is 0.327 e. The molecule has 0 aliphatic rings. The van der Waals surface area contributed by atoms with Crippen molar-refractivity contribution >= 4 is 29.8 Å². The van der Waals surface area contributed by atoms with Crippen molar-refractivity contribution in [2.24, 2.45) is 0 Å². The Morgan fingerprint density at radius 3 is 0.462 bits per heavy atom. The van der Waals surface area contributed by atoms with Crippen LogP contribution >= 0.6 is 0 Å². The third-order valence-electron chi connectivity index (χ3n) is 0.873. The lowest BCUT2D eigenvalue weighted by Gasteiger charge is -1.64. The highest BCUT2D eigenvalue weighted by Crippen LogP contribution is 1.56. The average molecular weight is 378 g/mol. The Bertz CT molecular complexity index is 385.